The van der Waals surface area contributed by atoms with E-state index in [0.29, 0.717) is 22.1 Å². The van der Waals surface area contributed by atoms with Crippen LogP contribution in [-0.2, 0) is 11.4 Å². The normalized spacial score (nSPS) is 11.2. The summed E-state index contributed by atoms with van der Waals surface area (Å²) in [7, 11) is 0. The average molecular weight is 430 g/mol. The van der Waals surface area contributed by atoms with Gasteiger partial charge in [0.1, 0.15) is 18.1 Å². The number of non-ortho nitro benzene ring substituents is 1. The molecule has 0 fully saturated rings. The number of oxime groups is 1. The number of carbonyl (C=O) groups is 1. The minimum absolute atomic E-state index is 0.0616. The lowest BCUT2D eigenvalue weighted by molar-refractivity contribution is -0.384. The number of aryl methyl sites for hydroxylation is 1. The zero-order chi connectivity index (χ0) is 21.7. The van der Waals surface area contributed by atoms with Crippen molar-refractivity contribution in [2.75, 3.05) is 0 Å². The number of halogens is 1. The van der Waals surface area contributed by atoms with Crippen molar-refractivity contribution in [3.05, 3.63) is 92.4 Å². The molecule has 1 heterocycles. The van der Waals surface area contributed by atoms with Crippen molar-refractivity contribution in [3.8, 4) is 5.75 Å². The molecule has 0 saturated carbocycles. The highest BCUT2D eigenvalue weighted by Crippen LogP contribution is 2.28. The van der Waals surface area contributed by atoms with Gasteiger partial charge >= 0.3 is 5.97 Å². The third kappa shape index (κ3) is 4.95. The predicted molar refractivity (Wildman–Crippen MR) is 108 cm³/mol. The number of rotatable bonds is 7. The Balaban J connectivity index is 1.60. The second kappa shape index (κ2) is 9.10. The van der Waals surface area contributed by atoms with Gasteiger partial charge in [-0.25, -0.2) is 4.79 Å². The maximum atomic E-state index is 12.1. The van der Waals surface area contributed by atoms with Gasteiger partial charge in [0.05, 0.1) is 9.95 Å². The predicted octanol–water partition coefficient (Wildman–Crippen LogP) is 4.21. The van der Waals surface area contributed by atoms with Crippen LogP contribution in [0.15, 0.2) is 64.2 Å². The zero-order valence-corrected chi connectivity index (χ0v) is 16.5. The van der Waals surface area contributed by atoms with E-state index in [1.54, 1.807) is 12.1 Å². The molecule has 0 radical (unpaired) electrons. The molecule has 0 bridgehead atoms. The Kier molecular flexibility index (Phi) is 6.33. The van der Waals surface area contributed by atoms with Crippen molar-refractivity contribution in [1.82, 2.24) is 0 Å². The summed E-state index contributed by atoms with van der Waals surface area (Å²) in [6, 6.07) is 13.7. The van der Waals surface area contributed by atoms with Gasteiger partial charge in [0.15, 0.2) is 5.84 Å². The van der Waals surface area contributed by atoms with E-state index in [2.05, 4.69) is 5.16 Å². The van der Waals surface area contributed by atoms with Crippen LogP contribution >= 0.6 is 11.6 Å². The number of nitro benzene ring substituents is 1. The van der Waals surface area contributed by atoms with Crippen molar-refractivity contribution >= 4 is 29.1 Å². The number of ether oxygens (including phenoxy) is 1. The number of hydrogen-bond donors (Lipinski definition) is 1. The monoisotopic (exact) mass is 429 g/mol. The Morgan fingerprint density at radius 1 is 1.20 bits per heavy atom. The molecule has 30 heavy (non-hydrogen) atoms. The number of hydrogen-bond acceptors (Lipinski definition) is 7. The Morgan fingerprint density at radius 2 is 1.93 bits per heavy atom. The Bertz CT molecular complexity index is 1090. The van der Waals surface area contributed by atoms with Crippen LogP contribution in [0.25, 0.3) is 0 Å². The Morgan fingerprint density at radius 3 is 2.60 bits per heavy atom. The molecule has 0 saturated heterocycles. The van der Waals surface area contributed by atoms with Crippen LogP contribution in [0, 0.1) is 17.0 Å². The molecule has 0 unspecified atom stereocenters. The van der Waals surface area contributed by atoms with Crippen molar-refractivity contribution in [2.24, 2.45) is 10.9 Å². The first kappa shape index (κ1) is 20.9. The van der Waals surface area contributed by atoms with Crippen LogP contribution in [0.5, 0.6) is 5.75 Å². The van der Waals surface area contributed by atoms with Gasteiger partial charge in [0.25, 0.3) is 5.69 Å². The second-order valence-corrected chi connectivity index (χ2v) is 6.51. The summed E-state index contributed by atoms with van der Waals surface area (Å²) in [5, 5.41) is 14.7. The minimum Gasteiger partial charge on any atom is -0.484 e. The van der Waals surface area contributed by atoms with Crippen LogP contribution in [0.3, 0.4) is 0 Å². The summed E-state index contributed by atoms with van der Waals surface area (Å²) >= 11 is 6.11. The van der Waals surface area contributed by atoms with E-state index < -0.39 is 10.9 Å². The number of nitrogens with two attached hydrogens (primary N) is 1. The third-order valence-corrected chi connectivity index (χ3v) is 4.28. The van der Waals surface area contributed by atoms with Gasteiger partial charge < -0.3 is 19.7 Å². The molecular weight excluding hydrogens is 414 g/mol. The molecule has 2 N–H and O–H groups in total. The van der Waals surface area contributed by atoms with E-state index in [0.717, 1.165) is 5.56 Å². The van der Waals surface area contributed by atoms with Crippen LogP contribution < -0.4 is 10.5 Å². The zero-order valence-electron chi connectivity index (χ0n) is 15.7. The van der Waals surface area contributed by atoms with Gasteiger partial charge in [-0.15, -0.1) is 0 Å². The highest BCUT2D eigenvalue weighted by Gasteiger charge is 2.15. The summed E-state index contributed by atoms with van der Waals surface area (Å²) in [6.45, 7) is 1.92. The Labute approximate surface area is 175 Å². The number of carbonyl (C=O) groups excluding carboxylic acids is 1. The minimum atomic E-state index is -0.861. The molecular formula is C20H16ClN3O6. The number of nitro groups is 1. The lowest BCUT2D eigenvalue weighted by Gasteiger charge is -2.09. The van der Waals surface area contributed by atoms with Gasteiger partial charge in [-0.3, -0.25) is 10.1 Å². The fourth-order valence-corrected chi connectivity index (χ4v) is 2.73. The molecule has 2 aromatic carbocycles. The lowest BCUT2D eigenvalue weighted by atomic mass is 10.2. The van der Waals surface area contributed by atoms with E-state index in [1.807, 2.05) is 19.1 Å². The Hall–Kier alpha value is -3.85. The van der Waals surface area contributed by atoms with Crippen molar-refractivity contribution in [2.45, 2.75) is 13.5 Å². The van der Waals surface area contributed by atoms with Crippen molar-refractivity contribution in [1.29, 1.82) is 0 Å². The smallest absolute Gasteiger partial charge is 0.400 e. The van der Waals surface area contributed by atoms with E-state index in [9.17, 15) is 14.9 Å². The highest BCUT2D eigenvalue weighted by atomic mass is 35.5. The maximum absolute atomic E-state index is 12.1. The van der Waals surface area contributed by atoms with E-state index >= 15 is 0 Å². The molecule has 0 spiro atoms. The lowest BCUT2D eigenvalue weighted by Crippen LogP contribution is -2.15. The molecule has 0 aliphatic carbocycles. The van der Waals surface area contributed by atoms with Gasteiger partial charge in [0.2, 0.25) is 5.76 Å². The van der Waals surface area contributed by atoms with Gasteiger partial charge in [-0.1, -0.05) is 28.9 Å². The molecule has 0 aliphatic rings. The van der Waals surface area contributed by atoms with E-state index in [1.165, 1.54) is 30.3 Å². The molecule has 3 aromatic rings. The van der Waals surface area contributed by atoms with Crippen LogP contribution in [0.4, 0.5) is 5.69 Å². The summed E-state index contributed by atoms with van der Waals surface area (Å²) in [5.74, 6) is -0.166. The quantitative estimate of drug-likeness (QED) is 0.196. The summed E-state index contributed by atoms with van der Waals surface area (Å²) in [6.07, 6.45) is 0. The molecule has 9 nitrogen and oxygen atoms in total. The first-order chi connectivity index (χ1) is 14.3. The SMILES string of the molecule is Cc1cccc(Cl)c1OCc1ccc(C(=O)O/N=C(\N)c2ccc([N+](=O)[O-])cc2)o1. The number of nitrogens with zero attached hydrogens (tertiary/aromatic N) is 2. The first-order valence-electron chi connectivity index (χ1n) is 8.61. The molecule has 3 rings (SSSR count). The van der Waals surface area contributed by atoms with E-state index in [4.69, 9.17) is 31.3 Å². The molecule has 1 aromatic heterocycles. The number of amidine groups is 1. The molecule has 0 atom stereocenters. The van der Waals surface area contributed by atoms with Gasteiger partial charge in [-0.05, 0) is 42.8 Å². The molecule has 154 valence electrons. The van der Waals surface area contributed by atoms with Gasteiger partial charge in [0, 0.05) is 17.7 Å². The van der Waals surface area contributed by atoms with Crippen LogP contribution in [0.1, 0.15) is 27.4 Å². The summed E-state index contributed by atoms with van der Waals surface area (Å²) in [5.41, 5.74) is 6.86. The largest absolute Gasteiger partial charge is 0.484 e. The fourth-order valence-electron chi connectivity index (χ4n) is 2.45. The summed E-state index contributed by atoms with van der Waals surface area (Å²) in [4.78, 5) is 27.0. The average Bonchev–Trinajstić information content (AvgIpc) is 3.20. The molecule has 10 heteroatoms. The third-order valence-electron chi connectivity index (χ3n) is 3.99. The summed E-state index contributed by atoms with van der Waals surface area (Å²) < 4.78 is 11.1. The maximum Gasteiger partial charge on any atom is 0.400 e. The first-order valence-corrected chi connectivity index (χ1v) is 8.99. The van der Waals surface area contributed by atoms with Gasteiger partial charge in [-0.2, -0.15) is 0 Å². The number of para-hydroxylation sites is 1. The highest BCUT2D eigenvalue weighted by molar-refractivity contribution is 6.32. The second-order valence-electron chi connectivity index (χ2n) is 6.10. The van der Waals surface area contributed by atoms with E-state index in [-0.39, 0.29) is 23.9 Å². The van der Waals surface area contributed by atoms with Crippen molar-refractivity contribution in [3.63, 3.8) is 0 Å². The fraction of sp³-hybridized carbons (Fsp3) is 0.100. The van der Waals surface area contributed by atoms with Crippen LogP contribution in [0.2, 0.25) is 5.02 Å². The van der Waals surface area contributed by atoms with Crippen molar-refractivity contribution < 1.29 is 23.7 Å². The molecule has 0 aliphatic heterocycles. The molecule has 0 amide bonds. The number of furan rings is 1. The standard InChI is InChI=1S/C20H16ClN3O6/c1-12-3-2-4-16(21)18(12)28-11-15-9-10-17(29-15)20(25)30-23-19(22)13-5-7-14(8-6-13)24(26)27/h2-10H,11H2,1H3,(H2,22,23). The topological polar surface area (TPSA) is 130 Å². The van der Waals surface area contributed by atoms with Crippen LogP contribution in [-0.4, -0.2) is 16.7 Å². The number of benzene rings is 2.